The van der Waals surface area contributed by atoms with Gasteiger partial charge in [-0.2, -0.15) is 8.78 Å². The number of carbonyl (C=O) groups excluding carboxylic acids is 1. The highest BCUT2D eigenvalue weighted by Gasteiger charge is 2.30. The van der Waals surface area contributed by atoms with Gasteiger partial charge in [-0.15, -0.1) is 0 Å². The minimum absolute atomic E-state index is 0.213. The first-order chi connectivity index (χ1) is 13.0. The van der Waals surface area contributed by atoms with Crippen molar-refractivity contribution in [2.75, 3.05) is 5.32 Å². The van der Waals surface area contributed by atoms with Crippen LogP contribution in [0.4, 0.5) is 14.5 Å². The van der Waals surface area contributed by atoms with Gasteiger partial charge < -0.3 is 10.1 Å². The van der Waals surface area contributed by atoms with E-state index in [0.717, 1.165) is 17.2 Å². The Morgan fingerprint density at radius 3 is 2.29 bits per heavy atom. The van der Waals surface area contributed by atoms with Crippen LogP contribution in [0.25, 0.3) is 0 Å². The van der Waals surface area contributed by atoms with Crippen LogP contribution in [0.15, 0.2) is 47.4 Å². The number of hydrogen-bond donors (Lipinski definition) is 1. The topological polar surface area (TPSA) is 72.5 Å². The Hall–Kier alpha value is -2.48. The van der Waals surface area contributed by atoms with Crippen LogP contribution >= 0.6 is 0 Å². The third kappa shape index (κ3) is 4.86. The smallest absolute Gasteiger partial charge is 0.341 e. The third-order valence-corrected chi connectivity index (χ3v) is 5.67. The molecule has 28 heavy (non-hydrogen) atoms. The molecule has 8 heteroatoms. The molecule has 2 aromatic carbocycles. The molecule has 1 unspecified atom stereocenters. The average Bonchev–Trinajstić information content (AvgIpc) is 2.61. The Balaban J connectivity index is 2.17. The summed E-state index contributed by atoms with van der Waals surface area (Å²) in [6, 6.07) is 10.5. The van der Waals surface area contributed by atoms with Crippen LogP contribution in [0.2, 0.25) is 0 Å². The number of aryl methyl sites for hydroxylation is 1. The van der Waals surface area contributed by atoms with Gasteiger partial charge in [0.05, 0.1) is 10.6 Å². The van der Waals surface area contributed by atoms with Gasteiger partial charge in [-0.1, -0.05) is 32.0 Å². The number of nitrogens with one attached hydrogen (secondary N) is 1. The fraction of sp³-hybridized carbons (Fsp3) is 0.350. The number of anilines is 1. The van der Waals surface area contributed by atoms with E-state index in [0.29, 0.717) is 11.7 Å². The number of amides is 1. The molecule has 1 N–H and O–H groups in total. The van der Waals surface area contributed by atoms with Gasteiger partial charge in [0.2, 0.25) is 9.84 Å². The summed E-state index contributed by atoms with van der Waals surface area (Å²) in [5, 5.41) is 2.36. The lowest BCUT2D eigenvalue weighted by Crippen LogP contribution is -2.31. The number of rotatable bonds is 7. The van der Waals surface area contributed by atoms with Gasteiger partial charge in [-0.25, -0.2) is 8.42 Å². The molecule has 0 saturated heterocycles. The summed E-state index contributed by atoms with van der Waals surface area (Å²) in [6.07, 6.45) is -0.966. The molecule has 1 amide bonds. The number of hydrogen-bond acceptors (Lipinski definition) is 4. The van der Waals surface area contributed by atoms with E-state index in [2.05, 4.69) is 19.2 Å². The van der Waals surface area contributed by atoms with Crippen LogP contribution in [-0.4, -0.2) is 26.2 Å². The van der Waals surface area contributed by atoms with Crippen molar-refractivity contribution in [3.8, 4) is 5.75 Å². The van der Waals surface area contributed by atoms with Gasteiger partial charge in [-0.05, 0) is 55.2 Å². The van der Waals surface area contributed by atoms with Crippen molar-refractivity contribution >= 4 is 21.4 Å². The highest BCUT2D eigenvalue weighted by molar-refractivity contribution is 7.91. The first-order valence-electron chi connectivity index (χ1n) is 8.73. The van der Waals surface area contributed by atoms with Crippen molar-refractivity contribution in [1.82, 2.24) is 0 Å². The molecule has 0 aliphatic heterocycles. The Morgan fingerprint density at radius 2 is 1.71 bits per heavy atom. The van der Waals surface area contributed by atoms with E-state index in [4.69, 9.17) is 4.74 Å². The number of alkyl halides is 2. The van der Waals surface area contributed by atoms with Crippen LogP contribution in [-0.2, 0) is 14.6 Å². The number of ether oxygens (including phenoxy) is 1. The van der Waals surface area contributed by atoms with Crippen molar-refractivity contribution < 1.29 is 26.7 Å². The molecule has 0 radical (unpaired) electrons. The van der Waals surface area contributed by atoms with E-state index < -0.39 is 32.5 Å². The van der Waals surface area contributed by atoms with Crippen LogP contribution in [0.1, 0.15) is 37.8 Å². The van der Waals surface area contributed by atoms with Crippen LogP contribution in [0.3, 0.4) is 0 Å². The van der Waals surface area contributed by atoms with E-state index in [-0.39, 0.29) is 5.69 Å². The molecule has 152 valence electrons. The first kappa shape index (κ1) is 21.8. The van der Waals surface area contributed by atoms with Crippen molar-refractivity contribution in [2.45, 2.75) is 50.4 Å². The molecule has 0 bridgehead atoms. The highest BCUT2D eigenvalue weighted by Crippen LogP contribution is 2.27. The number of halogens is 2. The maximum atomic E-state index is 12.9. The molecular formula is C20H23F2NO4S. The van der Waals surface area contributed by atoms with Crippen molar-refractivity contribution in [3.05, 3.63) is 53.6 Å². The first-order valence-corrected chi connectivity index (χ1v) is 10.3. The maximum Gasteiger partial charge on any atom is 0.341 e. The average molecular weight is 411 g/mol. The quantitative estimate of drug-likeness (QED) is 0.727. The van der Waals surface area contributed by atoms with E-state index in [1.165, 1.54) is 25.1 Å². The summed E-state index contributed by atoms with van der Waals surface area (Å²) in [5.74, 6) is -3.40. The molecule has 1 atom stereocenters. The van der Waals surface area contributed by atoms with Gasteiger partial charge in [0.25, 0.3) is 5.91 Å². The minimum atomic E-state index is -4.85. The second-order valence-electron chi connectivity index (χ2n) is 6.72. The predicted octanol–water partition coefficient (Wildman–Crippen LogP) is 4.52. The molecule has 0 aliphatic rings. The third-order valence-electron chi connectivity index (χ3n) is 4.23. The number of para-hydroxylation sites is 1. The van der Waals surface area contributed by atoms with Gasteiger partial charge in [0.1, 0.15) is 5.75 Å². The molecular weight excluding hydrogens is 388 g/mol. The van der Waals surface area contributed by atoms with Crippen LogP contribution in [0, 0.1) is 6.92 Å². The summed E-state index contributed by atoms with van der Waals surface area (Å²) < 4.78 is 54.9. The summed E-state index contributed by atoms with van der Waals surface area (Å²) in [4.78, 5) is 11.8. The zero-order chi connectivity index (χ0) is 21.1. The monoisotopic (exact) mass is 411 g/mol. The Morgan fingerprint density at radius 1 is 1.07 bits per heavy atom. The lowest BCUT2D eigenvalue weighted by molar-refractivity contribution is -0.122. The van der Waals surface area contributed by atoms with Gasteiger partial charge >= 0.3 is 5.76 Å². The van der Waals surface area contributed by atoms with Crippen molar-refractivity contribution in [3.63, 3.8) is 0 Å². The van der Waals surface area contributed by atoms with Crippen LogP contribution < -0.4 is 10.1 Å². The maximum absolute atomic E-state index is 12.9. The largest absolute Gasteiger partial charge is 0.481 e. The summed E-state index contributed by atoms with van der Waals surface area (Å²) in [5.41, 5.74) is 1.97. The fourth-order valence-corrected chi connectivity index (χ4v) is 3.66. The second-order valence-corrected chi connectivity index (χ2v) is 8.61. The predicted molar refractivity (Wildman–Crippen MR) is 104 cm³/mol. The Bertz CT molecular complexity index is 958. The molecule has 2 aromatic rings. The normalized spacial score (nSPS) is 12.9. The van der Waals surface area contributed by atoms with Gasteiger partial charge in [0.15, 0.2) is 6.10 Å². The SMILES string of the molecule is Cc1cc(OC(C)C(=O)Nc2ccccc2S(=O)(=O)C(F)F)ccc1C(C)C. The van der Waals surface area contributed by atoms with Crippen LogP contribution in [0.5, 0.6) is 5.75 Å². The highest BCUT2D eigenvalue weighted by atomic mass is 32.2. The molecule has 0 fully saturated rings. The van der Waals surface area contributed by atoms with E-state index >= 15 is 0 Å². The lowest BCUT2D eigenvalue weighted by atomic mass is 9.98. The van der Waals surface area contributed by atoms with E-state index in [9.17, 15) is 22.0 Å². The Kier molecular flexibility index (Phi) is 6.77. The van der Waals surface area contributed by atoms with Crippen molar-refractivity contribution in [1.29, 1.82) is 0 Å². The molecule has 0 aliphatic carbocycles. The standard InChI is InChI=1S/C20H23F2NO4S/c1-12(2)16-10-9-15(11-13(16)3)27-14(4)19(24)23-17-7-5-6-8-18(17)28(25,26)20(21)22/h5-12,14,20H,1-4H3,(H,23,24). The fourth-order valence-electron chi connectivity index (χ4n) is 2.78. The number of benzene rings is 2. The van der Waals surface area contributed by atoms with Gasteiger partial charge in [0, 0.05) is 0 Å². The summed E-state index contributed by atoms with van der Waals surface area (Å²) in [7, 11) is -4.85. The molecule has 5 nitrogen and oxygen atoms in total. The lowest BCUT2D eigenvalue weighted by Gasteiger charge is -2.18. The minimum Gasteiger partial charge on any atom is -0.481 e. The molecule has 0 aromatic heterocycles. The number of carbonyl (C=O) groups is 1. The van der Waals surface area contributed by atoms with E-state index in [1.807, 2.05) is 19.1 Å². The molecule has 2 rings (SSSR count). The van der Waals surface area contributed by atoms with Gasteiger partial charge in [-0.3, -0.25) is 4.79 Å². The zero-order valence-corrected chi connectivity index (χ0v) is 16.9. The van der Waals surface area contributed by atoms with Crippen molar-refractivity contribution in [2.24, 2.45) is 0 Å². The summed E-state index contributed by atoms with van der Waals surface area (Å²) >= 11 is 0. The molecule has 0 heterocycles. The van der Waals surface area contributed by atoms with E-state index in [1.54, 1.807) is 6.07 Å². The molecule has 0 saturated carbocycles. The Labute approximate surface area is 163 Å². The zero-order valence-electron chi connectivity index (χ0n) is 16.1. The second kappa shape index (κ2) is 8.68. The molecule has 0 spiro atoms. The number of sulfone groups is 1. The summed E-state index contributed by atoms with van der Waals surface area (Å²) in [6.45, 7) is 7.58.